The van der Waals surface area contributed by atoms with Gasteiger partial charge in [0.1, 0.15) is 19.3 Å². The Labute approximate surface area is 385 Å². The first-order chi connectivity index (χ1) is 30.1. The molecule has 0 aromatic carbocycles. The number of quaternary nitrogens is 1. The number of hydrogen-bond acceptors (Lipinski definition) is 7. The smallest absolute Gasteiger partial charge is 0.306 e. The minimum Gasteiger partial charge on any atom is -0.756 e. The lowest BCUT2D eigenvalue weighted by Gasteiger charge is -2.28. The molecule has 0 amide bonds. The lowest BCUT2D eigenvalue weighted by atomic mass is 10.0. The highest BCUT2D eigenvalue weighted by molar-refractivity contribution is 7.45. The molecular formula is C53H104NO7P. The molecule has 368 valence electrons. The average Bonchev–Trinajstić information content (AvgIpc) is 3.23. The second kappa shape index (κ2) is 46.5. The van der Waals surface area contributed by atoms with Crippen LogP contribution >= 0.6 is 7.82 Å². The molecule has 0 aliphatic carbocycles. The summed E-state index contributed by atoms with van der Waals surface area (Å²) in [4.78, 5) is 25.2. The number of allylic oxidation sites excluding steroid dienone is 4. The van der Waals surface area contributed by atoms with Gasteiger partial charge in [0.2, 0.25) is 0 Å². The Balaban J connectivity index is 4.08. The maximum Gasteiger partial charge on any atom is 0.306 e. The minimum atomic E-state index is -4.53. The van der Waals surface area contributed by atoms with Crippen LogP contribution in [0.5, 0.6) is 0 Å². The topological polar surface area (TPSA) is 94.1 Å². The molecule has 0 saturated heterocycles. The quantitative estimate of drug-likeness (QED) is 0.0197. The van der Waals surface area contributed by atoms with Crippen LogP contribution in [0.4, 0.5) is 0 Å². The molecule has 0 aliphatic rings. The highest BCUT2D eigenvalue weighted by atomic mass is 31.2. The van der Waals surface area contributed by atoms with Gasteiger partial charge in [0.25, 0.3) is 7.82 Å². The molecule has 2 unspecified atom stereocenters. The molecule has 0 radical (unpaired) electrons. The number of rotatable bonds is 50. The zero-order valence-electron chi connectivity index (χ0n) is 41.8. The monoisotopic (exact) mass is 898 g/mol. The number of ether oxygens (including phenoxy) is 2. The number of carbonyl (C=O) groups excluding carboxylic acids is 1. The summed E-state index contributed by atoms with van der Waals surface area (Å²) in [5.74, 6) is -0.332. The predicted octanol–water partition coefficient (Wildman–Crippen LogP) is 15.7. The molecule has 0 aliphatic heterocycles. The number of phosphoric acid groups is 1. The van der Waals surface area contributed by atoms with Gasteiger partial charge in [-0.2, -0.15) is 0 Å². The van der Waals surface area contributed by atoms with Crippen LogP contribution in [-0.4, -0.2) is 70.7 Å². The maximum absolute atomic E-state index is 12.8. The Morgan fingerprint density at radius 3 is 1.32 bits per heavy atom. The van der Waals surface area contributed by atoms with Crippen LogP contribution in [0.15, 0.2) is 24.3 Å². The molecule has 0 spiro atoms. The van der Waals surface area contributed by atoms with E-state index in [-0.39, 0.29) is 25.8 Å². The van der Waals surface area contributed by atoms with Crippen LogP contribution in [0.3, 0.4) is 0 Å². The summed E-state index contributed by atoms with van der Waals surface area (Å²) in [6, 6.07) is 0. The van der Waals surface area contributed by atoms with Crippen LogP contribution in [-0.2, 0) is 27.9 Å². The summed E-state index contributed by atoms with van der Waals surface area (Å²) in [6.07, 6.45) is 54.9. The Kier molecular flexibility index (Phi) is 45.7. The number of hydrogen-bond donors (Lipinski definition) is 0. The van der Waals surface area contributed by atoms with E-state index in [1.807, 2.05) is 21.1 Å². The van der Waals surface area contributed by atoms with Crippen molar-refractivity contribution in [1.29, 1.82) is 0 Å². The zero-order valence-corrected chi connectivity index (χ0v) is 42.7. The number of unbranched alkanes of at least 4 members (excludes halogenated alkanes) is 32. The van der Waals surface area contributed by atoms with E-state index in [9.17, 15) is 14.3 Å². The van der Waals surface area contributed by atoms with Gasteiger partial charge in [0.05, 0.1) is 34.4 Å². The molecule has 0 heterocycles. The van der Waals surface area contributed by atoms with Gasteiger partial charge in [-0.05, 0) is 44.9 Å². The second-order valence-electron chi connectivity index (χ2n) is 19.2. The van der Waals surface area contributed by atoms with E-state index in [0.717, 1.165) is 44.9 Å². The van der Waals surface area contributed by atoms with Gasteiger partial charge >= 0.3 is 5.97 Å². The normalized spacial score (nSPS) is 13.7. The summed E-state index contributed by atoms with van der Waals surface area (Å²) in [5.41, 5.74) is 0. The molecular weight excluding hydrogens is 794 g/mol. The third-order valence-corrected chi connectivity index (χ3v) is 12.7. The van der Waals surface area contributed by atoms with Gasteiger partial charge in [-0.15, -0.1) is 0 Å². The summed E-state index contributed by atoms with van der Waals surface area (Å²) in [7, 11) is 1.36. The minimum absolute atomic E-state index is 0.0262. The number of likely N-dealkylation sites (N-methyl/N-ethyl adjacent to an activating group) is 1. The van der Waals surface area contributed by atoms with Crippen molar-refractivity contribution in [2.75, 3.05) is 54.1 Å². The third-order valence-electron chi connectivity index (χ3n) is 11.8. The third kappa shape index (κ3) is 50.0. The predicted molar refractivity (Wildman–Crippen MR) is 264 cm³/mol. The largest absolute Gasteiger partial charge is 0.756 e. The fraction of sp³-hybridized carbons (Fsp3) is 0.906. The van der Waals surface area contributed by atoms with Crippen molar-refractivity contribution in [3.63, 3.8) is 0 Å². The first kappa shape index (κ1) is 61.0. The summed E-state index contributed by atoms with van der Waals surface area (Å²) < 4.78 is 34.8. The number of carbonyl (C=O) groups is 1. The van der Waals surface area contributed by atoms with Crippen LogP contribution < -0.4 is 4.89 Å². The molecule has 2 atom stereocenters. The van der Waals surface area contributed by atoms with E-state index in [4.69, 9.17) is 18.5 Å². The van der Waals surface area contributed by atoms with E-state index in [2.05, 4.69) is 38.2 Å². The molecule has 0 aromatic rings. The highest BCUT2D eigenvalue weighted by Gasteiger charge is 2.20. The SMILES string of the molecule is CCCCCC/C=C\C/C=C\CCCCCCCCOCC(COP(=O)([O-])OCC[N+](C)(C)C)OC(=O)CCCCCCCCCCCCCCCCCCCCCCCCC. The van der Waals surface area contributed by atoms with Crippen molar-refractivity contribution in [3.8, 4) is 0 Å². The van der Waals surface area contributed by atoms with Crippen LogP contribution in [0.25, 0.3) is 0 Å². The zero-order chi connectivity index (χ0) is 45.5. The van der Waals surface area contributed by atoms with Gasteiger partial charge < -0.3 is 27.9 Å². The summed E-state index contributed by atoms with van der Waals surface area (Å²) >= 11 is 0. The molecule has 0 fully saturated rings. The van der Waals surface area contributed by atoms with Crippen molar-refractivity contribution in [3.05, 3.63) is 24.3 Å². The van der Waals surface area contributed by atoms with Crippen LogP contribution in [0.1, 0.15) is 251 Å². The van der Waals surface area contributed by atoms with Crippen molar-refractivity contribution in [2.24, 2.45) is 0 Å². The standard InChI is InChI=1S/C53H104NO7P/c1-6-8-10-12-14-16-18-20-22-24-25-26-27-28-29-30-32-34-36-38-40-42-44-46-53(55)61-52(51-60-62(56,57)59-49-47-54(3,4)5)50-58-48-45-43-41-39-37-35-33-31-23-21-19-17-15-13-11-9-7-2/h17,19,23,31,52H,6-16,18,20-22,24-30,32-51H2,1-5H3/b19-17-,31-23-. The molecule has 0 N–H and O–H groups in total. The fourth-order valence-corrected chi connectivity index (χ4v) is 8.37. The Hall–Kier alpha value is -1.02. The van der Waals surface area contributed by atoms with Crippen molar-refractivity contribution >= 4 is 13.8 Å². The molecule has 0 rings (SSSR count). The van der Waals surface area contributed by atoms with E-state index < -0.39 is 13.9 Å². The Morgan fingerprint density at radius 1 is 0.500 bits per heavy atom. The molecule has 0 aromatic heterocycles. The molecule has 9 heteroatoms. The van der Waals surface area contributed by atoms with Gasteiger partial charge in [-0.3, -0.25) is 9.36 Å². The average molecular weight is 898 g/mol. The summed E-state index contributed by atoms with van der Waals surface area (Å²) in [5, 5.41) is 0. The van der Waals surface area contributed by atoms with Gasteiger partial charge in [-0.1, -0.05) is 224 Å². The second-order valence-corrected chi connectivity index (χ2v) is 20.7. The van der Waals surface area contributed by atoms with Crippen molar-refractivity contribution in [1.82, 2.24) is 0 Å². The lowest BCUT2D eigenvalue weighted by Crippen LogP contribution is -2.37. The summed E-state index contributed by atoms with van der Waals surface area (Å²) in [6.45, 7) is 5.42. The Morgan fingerprint density at radius 2 is 0.887 bits per heavy atom. The van der Waals surface area contributed by atoms with E-state index >= 15 is 0 Å². The lowest BCUT2D eigenvalue weighted by molar-refractivity contribution is -0.870. The van der Waals surface area contributed by atoms with Crippen LogP contribution in [0, 0.1) is 0 Å². The molecule has 8 nitrogen and oxygen atoms in total. The number of phosphoric ester groups is 1. The maximum atomic E-state index is 12.8. The van der Waals surface area contributed by atoms with Gasteiger partial charge in [0, 0.05) is 13.0 Å². The van der Waals surface area contributed by atoms with Gasteiger partial charge in [0.15, 0.2) is 0 Å². The number of esters is 1. The van der Waals surface area contributed by atoms with E-state index in [1.165, 1.54) is 186 Å². The highest BCUT2D eigenvalue weighted by Crippen LogP contribution is 2.38. The Bertz CT molecular complexity index is 1050. The van der Waals surface area contributed by atoms with Gasteiger partial charge in [-0.25, -0.2) is 0 Å². The van der Waals surface area contributed by atoms with Crippen molar-refractivity contribution < 1.29 is 37.3 Å². The fourth-order valence-electron chi connectivity index (χ4n) is 7.64. The van der Waals surface area contributed by atoms with E-state index in [0.29, 0.717) is 24.1 Å². The molecule has 62 heavy (non-hydrogen) atoms. The van der Waals surface area contributed by atoms with Crippen LogP contribution in [0.2, 0.25) is 0 Å². The van der Waals surface area contributed by atoms with Crippen molar-refractivity contribution in [2.45, 2.75) is 258 Å². The molecule has 0 bridgehead atoms. The molecule has 0 saturated carbocycles. The first-order valence-electron chi connectivity index (χ1n) is 26.6. The number of nitrogens with zero attached hydrogens (tertiary/aromatic N) is 1. The first-order valence-corrected chi connectivity index (χ1v) is 28.0. The van der Waals surface area contributed by atoms with E-state index in [1.54, 1.807) is 0 Å².